The van der Waals surface area contributed by atoms with E-state index in [1.165, 1.54) is 6.07 Å². The number of aromatic nitrogens is 2. The summed E-state index contributed by atoms with van der Waals surface area (Å²) in [7, 11) is 0. The number of hydrogen-bond acceptors (Lipinski definition) is 5. The molecule has 1 amide bonds. The number of nitro benzene ring substituents is 1. The third-order valence-electron chi connectivity index (χ3n) is 2.23. The minimum Gasteiger partial charge on any atom is -0.306 e. The van der Waals surface area contributed by atoms with Crippen molar-refractivity contribution in [3.05, 3.63) is 57.2 Å². The highest BCUT2D eigenvalue weighted by Crippen LogP contribution is 2.17. The first-order valence-corrected chi connectivity index (χ1v) is 5.57. The molecule has 7 nitrogen and oxygen atoms in total. The zero-order valence-electron chi connectivity index (χ0n) is 9.71. The van der Waals surface area contributed by atoms with Gasteiger partial charge in [-0.15, -0.1) is 0 Å². The molecule has 0 radical (unpaired) electrons. The predicted molar refractivity (Wildman–Crippen MR) is 68.0 cm³/mol. The van der Waals surface area contributed by atoms with Gasteiger partial charge in [-0.3, -0.25) is 14.9 Å². The number of nitro groups is 1. The van der Waals surface area contributed by atoms with E-state index in [0.717, 1.165) is 24.5 Å². The van der Waals surface area contributed by atoms with Crippen LogP contribution in [0.15, 0.2) is 30.6 Å². The standard InChI is InChI=1S/C11H6ClFN4O3/c12-9-4-10(15-5-14-9)16-11(18)6-1-7(13)3-8(2-6)17(19)20/h1-5H,(H,14,15,16,18). The number of nitrogens with zero attached hydrogens (tertiary/aromatic N) is 3. The number of amides is 1. The van der Waals surface area contributed by atoms with Gasteiger partial charge >= 0.3 is 0 Å². The lowest BCUT2D eigenvalue weighted by atomic mass is 10.2. The van der Waals surface area contributed by atoms with E-state index in [0.29, 0.717) is 0 Å². The number of hydrogen-bond donors (Lipinski definition) is 1. The number of anilines is 1. The first-order valence-electron chi connectivity index (χ1n) is 5.19. The van der Waals surface area contributed by atoms with E-state index < -0.39 is 22.3 Å². The van der Waals surface area contributed by atoms with Crippen LogP contribution in [0.5, 0.6) is 0 Å². The number of non-ortho nitro benzene ring substituents is 1. The summed E-state index contributed by atoms with van der Waals surface area (Å²) >= 11 is 5.61. The third-order valence-corrected chi connectivity index (χ3v) is 2.44. The first kappa shape index (κ1) is 13.8. The molecule has 2 rings (SSSR count). The van der Waals surface area contributed by atoms with E-state index in [4.69, 9.17) is 11.6 Å². The van der Waals surface area contributed by atoms with Crippen molar-refractivity contribution in [2.45, 2.75) is 0 Å². The SMILES string of the molecule is O=C(Nc1cc(Cl)ncn1)c1cc(F)cc([N+](=O)[O-])c1. The molecule has 2 aromatic rings. The van der Waals surface area contributed by atoms with Gasteiger partial charge in [0.05, 0.1) is 11.0 Å². The molecule has 0 saturated carbocycles. The van der Waals surface area contributed by atoms with Crippen LogP contribution in [0.25, 0.3) is 0 Å². The normalized spacial score (nSPS) is 10.1. The minimum atomic E-state index is -0.884. The highest BCUT2D eigenvalue weighted by Gasteiger charge is 2.15. The zero-order valence-corrected chi connectivity index (χ0v) is 10.5. The Bertz CT molecular complexity index is 695. The van der Waals surface area contributed by atoms with Crippen LogP contribution < -0.4 is 5.32 Å². The Hall–Kier alpha value is -2.61. The summed E-state index contributed by atoms with van der Waals surface area (Å²) in [6.45, 7) is 0. The molecule has 0 aliphatic carbocycles. The molecular weight excluding hydrogens is 291 g/mol. The maximum Gasteiger partial charge on any atom is 0.273 e. The summed E-state index contributed by atoms with van der Waals surface area (Å²) in [6.07, 6.45) is 1.13. The van der Waals surface area contributed by atoms with Gasteiger partial charge < -0.3 is 5.32 Å². The molecule has 0 atom stereocenters. The van der Waals surface area contributed by atoms with Gasteiger partial charge in [-0.25, -0.2) is 14.4 Å². The van der Waals surface area contributed by atoms with E-state index in [1.54, 1.807) is 0 Å². The molecule has 0 aliphatic heterocycles. The fourth-order valence-electron chi connectivity index (χ4n) is 1.40. The lowest BCUT2D eigenvalue weighted by Gasteiger charge is -2.04. The lowest BCUT2D eigenvalue weighted by molar-refractivity contribution is -0.385. The fourth-order valence-corrected chi connectivity index (χ4v) is 1.55. The number of rotatable bonds is 3. The van der Waals surface area contributed by atoms with Crippen molar-refractivity contribution in [3.63, 3.8) is 0 Å². The molecule has 0 bridgehead atoms. The van der Waals surface area contributed by atoms with Gasteiger partial charge in [0.25, 0.3) is 11.6 Å². The maximum absolute atomic E-state index is 13.2. The molecule has 0 spiro atoms. The zero-order chi connectivity index (χ0) is 14.7. The van der Waals surface area contributed by atoms with Gasteiger partial charge in [0, 0.05) is 17.7 Å². The van der Waals surface area contributed by atoms with Crippen LogP contribution in [0.4, 0.5) is 15.9 Å². The largest absolute Gasteiger partial charge is 0.306 e. The molecule has 102 valence electrons. The van der Waals surface area contributed by atoms with Crippen LogP contribution in [0.1, 0.15) is 10.4 Å². The van der Waals surface area contributed by atoms with Crippen molar-refractivity contribution in [1.29, 1.82) is 0 Å². The Morgan fingerprint density at radius 3 is 2.70 bits per heavy atom. The second kappa shape index (κ2) is 5.57. The number of halogens is 2. The fraction of sp³-hybridized carbons (Fsp3) is 0. The van der Waals surface area contributed by atoms with Gasteiger partial charge in [-0.2, -0.15) is 0 Å². The van der Waals surface area contributed by atoms with Crippen LogP contribution in [0.2, 0.25) is 5.15 Å². The van der Waals surface area contributed by atoms with E-state index >= 15 is 0 Å². The Kier molecular flexibility index (Phi) is 3.85. The van der Waals surface area contributed by atoms with Gasteiger partial charge in [0.2, 0.25) is 0 Å². The molecule has 0 saturated heterocycles. The average molecular weight is 297 g/mol. The minimum absolute atomic E-state index is 0.0990. The van der Waals surface area contributed by atoms with Crippen LogP contribution in [-0.2, 0) is 0 Å². The number of nitrogens with one attached hydrogen (secondary N) is 1. The van der Waals surface area contributed by atoms with E-state index in [-0.39, 0.29) is 16.5 Å². The second-order valence-electron chi connectivity index (χ2n) is 3.64. The van der Waals surface area contributed by atoms with Crippen LogP contribution in [0, 0.1) is 15.9 Å². The van der Waals surface area contributed by atoms with Crippen molar-refractivity contribution in [1.82, 2.24) is 9.97 Å². The Morgan fingerprint density at radius 2 is 2.05 bits per heavy atom. The second-order valence-corrected chi connectivity index (χ2v) is 4.02. The van der Waals surface area contributed by atoms with Crippen LogP contribution >= 0.6 is 11.6 Å². The molecule has 0 aliphatic rings. The molecule has 20 heavy (non-hydrogen) atoms. The Balaban J connectivity index is 2.27. The highest BCUT2D eigenvalue weighted by molar-refractivity contribution is 6.29. The molecular formula is C11H6ClFN4O3. The summed E-state index contributed by atoms with van der Waals surface area (Å²) in [5, 5.41) is 13.0. The predicted octanol–water partition coefficient (Wildman–Crippen LogP) is 2.43. The summed E-state index contributed by atoms with van der Waals surface area (Å²) in [6, 6.07) is 3.85. The molecule has 0 unspecified atom stereocenters. The van der Waals surface area contributed by atoms with Gasteiger partial charge in [0.1, 0.15) is 23.1 Å². The molecule has 1 aromatic heterocycles. The van der Waals surface area contributed by atoms with Crippen molar-refractivity contribution in [2.24, 2.45) is 0 Å². The average Bonchev–Trinajstić information content (AvgIpc) is 2.37. The quantitative estimate of drug-likeness (QED) is 0.533. The molecule has 9 heteroatoms. The topological polar surface area (TPSA) is 98.0 Å². The number of carbonyl (C=O) groups is 1. The van der Waals surface area contributed by atoms with Gasteiger partial charge in [-0.1, -0.05) is 11.6 Å². The van der Waals surface area contributed by atoms with Crippen molar-refractivity contribution in [3.8, 4) is 0 Å². The molecule has 1 heterocycles. The summed E-state index contributed by atoms with van der Waals surface area (Å²) in [5.41, 5.74) is -0.720. The summed E-state index contributed by atoms with van der Waals surface area (Å²) in [4.78, 5) is 29.0. The monoisotopic (exact) mass is 296 g/mol. The lowest BCUT2D eigenvalue weighted by Crippen LogP contribution is -2.13. The summed E-state index contributed by atoms with van der Waals surface area (Å²) < 4.78 is 13.2. The summed E-state index contributed by atoms with van der Waals surface area (Å²) in [5.74, 6) is -1.53. The molecule has 1 N–H and O–H groups in total. The van der Waals surface area contributed by atoms with E-state index in [9.17, 15) is 19.3 Å². The van der Waals surface area contributed by atoms with Crippen molar-refractivity contribution >= 4 is 29.0 Å². The van der Waals surface area contributed by atoms with E-state index in [2.05, 4.69) is 15.3 Å². The first-order chi connectivity index (χ1) is 9.45. The van der Waals surface area contributed by atoms with Crippen molar-refractivity contribution in [2.75, 3.05) is 5.32 Å². The molecule has 1 aromatic carbocycles. The van der Waals surface area contributed by atoms with Crippen molar-refractivity contribution < 1.29 is 14.1 Å². The highest BCUT2D eigenvalue weighted by atomic mass is 35.5. The molecule has 0 fully saturated rings. The maximum atomic E-state index is 13.2. The Labute approximate surface area is 116 Å². The third kappa shape index (κ3) is 3.23. The Morgan fingerprint density at radius 1 is 1.30 bits per heavy atom. The van der Waals surface area contributed by atoms with Crippen LogP contribution in [-0.4, -0.2) is 20.8 Å². The van der Waals surface area contributed by atoms with E-state index in [1.807, 2.05) is 0 Å². The number of carbonyl (C=O) groups excluding carboxylic acids is 1. The van der Waals surface area contributed by atoms with Crippen LogP contribution in [0.3, 0.4) is 0 Å². The smallest absolute Gasteiger partial charge is 0.273 e. The number of benzene rings is 1. The van der Waals surface area contributed by atoms with Gasteiger partial charge in [0.15, 0.2) is 0 Å². The van der Waals surface area contributed by atoms with Gasteiger partial charge in [-0.05, 0) is 6.07 Å².